The van der Waals surface area contributed by atoms with Gasteiger partial charge in [0.25, 0.3) is 0 Å². The van der Waals surface area contributed by atoms with Gasteiger partial charge in [-0.05, 0) is 37.8 Å². The van der Waals surface area contributed by atoms with E-state index >= 15 is 0 Å². The summed E-state index contributed by atoms with van der Waals surface area (Å²) in [5.74, 6) is -0.110. The first-order valence-corrected chi connectivity index (χ1v) is 7.21. The van der Waals surface area contributed by atoms with Gasteiger partial charge in [-0.15, -0.1) is 11.3 Å². The van der Waals surface area contributed by atoms with Crippen molar-refractivity contribution in [1.29, 1.82) is 0 Å². The Bertz CT molecular complexity index is 555. The van der Waals surface area contributed by atoms with E-state index in [9.17, 15) is 9.59 Å². The molecule has 0 amide bonds. The normalized spacial score (nSPS) is 20.4. The molecule has 100 valence electrons. The average Bonchev–Trinajstić information content (AvgIpc) is 3.29. The quantitative estimate of drug-likeness (QED) is 0.775. The van der Waals surface area contributed by atoms with Gasteiger partial charge in [0, 0.05) is 0 Å². The zero-order valence-electron chi connectivity index (χ0n) is 10.3. The van der Waals surface area contributed by atoms with Crippen molar-refractivity contribution >= 4 is 35.8 Å². The number of hydrogen-bond acceptors (Lipinski definition) is 5. The Kier molecular flexibility index (Phi) is 3.38. The van der Waals surface area contributed by atoms with E-state index in [-0.39, 0.29) is 23.8 Å². The molecule has 0 N–H and O–H groups in total. The Morgan fingerprint density at radius 1 is 0.947 bits per heavy atom. The van der Waals surface area contributed by atoms with Gasteiger partial charge in [-0.2, -0.15) is 0 Å². The van der Waals surface area contributed by atoms with Gasteiger partial charge in [0.2, 0.25) is 0 Å². The molecule has 19 heavy (non-hydrogen) atoms. The van der Waals surface area contributed by atoms with Gasteiger partial charge in [-0.1, -0.05) is 0 Å². The molecule has 5 heteroatoms. The van der Waals surface area contributed by atoms with Crippen LogP contribution in [0.5, 0.6) is 0 Å². The Balaban J connectivity index is 1.61. The van der Waals surface area contributed by atoms with Gasteiger partial charge < -0.3 is 9.47 Å². The molecule has 0 aromatic carbocycles. The standard InChI is InChI=1S/C14H14O4S/c15-13(9-1-2-9)17-7-11-5-6-12(19-11)8-18-14(16)10-3-4-10/h5-10H,1-4H2/b11-7-,12-8+. The van der Waals surface area contributed by atoms with Crippen LogP contribution in [0, 0.1) is 11.8 Å². The molecule has 2 aliphatic carbocycles. The van der Waals surface area contributed by atoms with Crippen LogP contribution in [0.3, 0.4) is 0 Å². The van der Waals surface area contributed by atoms with Crippen molar-refractivity contribution in [3.05, 3.63) is 21.2 Å². The lowest BCUT2D eigenvalue weighted by Crippen LogP contribution is -2.05. The van der Waals surface area contributed by atoms with Gasteiger partial charge >= 0.3 is 11.9 Å². The fraction of sp³-hybridized carbons (Fsp3) is 0.429. The molecule has 2 saturated carbocycles. The van der Waals surface area contributed by atoms with Crippen molar-refractivity contribution < 1.29 is 19.1 Å². The summed E-state index contributed by atoms with van der Waals surface area (Å²) in [5.41, 5.74) is 0. The summed E-state index contributed by atoms with van der Waals surface area (Å²) < 4.78 is 11.8. The van der Waals surface area contributed by atoms with E-state index in [2.05, 4.69) is 0 Å². The maximum atomic E-state index is 11.4. The number of hydrogen-bond donors (Lipinski definition) is 0. The van der Waals surface area contributed by atoms with Crippen LogP contribution in [0.2, 0.25) is 0 Å². The topological polar surface area (TPSA) is 52.6 Å². The van der Waals surface area contributed by atoms with Gasteiger partial charge in [-0.3, -0.25) is 9.59 Å². The fourth-order valence-electron chi connectivity index (χ4n) is 1.56. The van der Waals surface area contributed by atoms with Crippen LogP contribution in [0.15, 0.2) is 12.1 Å². The summed E-state index contributed by atoms with van der Waals surface area (Å²) in [4.78, 5) is 22.7. The summed E-state index contributed by atoms with van der Waals surface area (Å²) in [6.07, 6.45) is 6.68. The van der Waals surface area contributed by atoms with E-state index in [0.717, 1.165) is 34.7 Å². The van der Waals surface area contributed by atoms with Gasteiger partial charge in [0.1, 0.15) is 12.5 Å². The molecule has 0 radical (unpaired) electrons. The second-order valence-corrected chi connectivity index (χ2v) is 6.05. The smallest absolute Gasteiger partial charge is 0.313 e. The van der Waals surface area contributed by atoms with Gasteiger partial charge in [0.15, 0.2) is 0 Å². The summed E-state index contributed by atoms with van der Waals surface area (Å²) in [6, 6.07) is 3.67. The lowest BCUT2D eigenvalue weighted by molar-refractivity contribution is -0.138. The second kappa shape index (κ2) is 5.17. The van der Waals surface area contributed by atoms with E-state index in [4.69, 9.17) is 9.47 Å². The summed E-state index contributed by atoms with van der Waals surface area (Å²) in [7, 11) is 0. The minimum atomic E-state index is -0.154. The van der Waals surface area contributed by atoms with Gasteiger partial charge in [0.05, 0.1) is 20.9 Å². The minimum Gasteiger partial charge on any atom is -0.433 e. The first-order valence-electron chi connectivity index (χ1n) is 6.39. The minimum absolute atomic E-state index is 0.0988. The zero-order chi connectivity index (χ0) is 13.2. The lowest BCUT2D eigenvalue weighted by atomic mass is 10.4. The molecule has 0 bridgehead atoms. The summed E-state index contributed by atoms with van der Waals surface area (Å²) >= 11 is 1.42. The number of carbonyl (C=O) groups excluding carboxylic acids is 2. The molecular weight excluding hydrogens is 264 g/mol. The molecule has 0 unspecified atom stereocenters. The molecule has 2 aliphatic rings. The van der Waals surface area contributed by atoms with Gasteiger partial charge in [-0.25, -0.2) is 0 Å². The van der Waals surface area contributed by atoms with Crippen LogP contribution in [-0.2, 0) is 19.1 Å². The van der Waals surface area contributed by atoms with Crippen LogP contribution < -0.4 is 9.06 Å². The van der Waals surface area contributed by atoms with Crippen LogP contribution in [-0.4, -0.2) is 11.9 Å². The lowest BCUT2D eigenvalue weighted by Gasteiger charge is -1.93. The third kappa shape index (κ3) is 3.44. The Labute approximate surface area is 114 Å². The molecule has 2 fully saturated rings. The van der Waals surface area contributed by atoms with E-state index < -0.39 is 0 Å². The third-order valence-electron chi connectivity index (χ3n) is 3.05. The average molecular weight is 278 g/mol. The van der Waals surface area contributed by atoms with E-state index in [0.29, 0.717) is 0 Å². The molecule has 0 atom stereocenters. The Morgan fingerprint density at radius 3 is 1.74 bits per heavy atom. The number of ether oxygens (including phenoxy) is 2. The third-order valence-corrected chi connectivity index (χ3v) is 3.99. The molecule has 1 heterocycles. The highest BCUT2D eigenvalue weighted by Crippen LogP contribution is 2.30. The number of thiophene rings is 1. The Morgan fingerprint density at radius 2 is 1.37 bits per heavy atom. The molecule has 0 spiro atoms. The number of carbonyl (C=O) groups is 2. The highest BCUT2D eigenvalue weighted by Gasteiger charge is 2.31. The highest BCUT2D eigenvalue weighted by molar-refractivity contribution is 7.07. The monoisotopic (exact) mass is 278 g/mol. The molecule has 1 aromatic heterocycles. The van der Waals surface area contributed by atoms with Crippen LogP contribution in [0.25, 0.3) is 12.5 Å². The molecule has 3 rings (SSSR count). The van der Waals surface area contributed by atoms with Crippen LogP contribution in [0.1, 0.15) is 25.7 Å². The van der Waals surface area contributed by atoms with Crippen molar-refractivity contribution in [2.24, 2.45) is 11.8 Å². The molecule has 0 saturated heterocycles. The van der Waals surface area contributed by atoms with Crippen LogP contribution >= 0.6 is 11.3 Å². The molecule has 0 aliphatic heterocycles. The fourth-order valence-corrected chi connectivity index (χ4v) is 2.29. The number of esters is 2. The molecule has 4 nitrogen and oxygen atoms in total. The van der Waals surface area contributed by atoms with Crippen molar-refractivity contribution in [2.45, 2.75) is 25.7 Å². The predicted molar refractivity (Wildman–Crippen MR) is 70.1 cm³/mol. The maximum absolute atomic E-state index is 11.4. The first-order chi connectivity index (χ1) is 9.22. The molecule has 1 aromatic rings. The second-order valence-electron chi connectivity index (χ2n) is 4.90. The Hall–Kier alpha value is -1.62. The van der Waals surface area contributed by atoms with Crippen molar-refractivity contribution in [3.8, 4) is 0 Å². The van der Waals surface area contributed by atoms with Crippen LogP contribution in [0.4, 0.5) is 0 Å². The number of rotatable bonds is 4. The van der Waals surface area contributed by atoms with E-state index in [1.807, 2.05) is 12.1 Å². The summed E-state index contributed by atoms with van der Waals surface area (Å²) in [6.45, 7) is 0. The predicted octanol–water partition coefficient (Wildman–Crippen LogP) is 1.13. The SMILES string of the molecule is O=C(O/C=c1/cc/c(=C\OC(=O)C2CC2)s1)C1CC1. The van der Waals surface area contributed by atoms with Crippen molar-refractivity contribution in [3.63, 3.8) is 0 Å². The highest BCUT2D eigenvalue weighted by atomic mass is 32.1. The summed E-state index contributed by atoms with van der Waals surface area (Å²) in [5, 5.41) is 0. The van der Waals surface area contributed by atoms with E-state index in [1.165, 1.54) is 23.9 Å². The van der Waals surface area contributed by atoms with Crippen molar-refractivity contribution in [1.82, 2.24) is 0 Å². The molecular formula is C14H14O4S. The largest absolute Gasteiger partial charge is 0.433 e. The van der Waals surface area contributed by atoms with Crippen molar-refractivity contribution in [2.75, 3.05) is 0 Å². The zero-order valence-corrected chi connectivity index (χ0v) is 11.2. The maximum Gasteiger partial charge on any atom is 0.313 e. The first kappa shape index (κ1) is 12.4. The van der Waals surface area contributed by atoms with E-state index in [1.54, 1.807) is 0 Å².